The largest absolute Gasteiger partial charge is 2.00 e. The third-order valence-corrected chi connectivity index (χ3v) is 1.91. The molecule has 0 aliphatic heterocycles. The molecule has 0 atom stereocenters. The molecule has 0 aliphatic carbocycles. The van der Waals surface area contributed by atoms with Gasteiger partial charge in [-0.2, -0.15) is 4.31 Å². The van der Waals surface area contributed by atoms with E-state index >= 15 is 0 Å². The van der Waals surface area contributed by atoms with Crippen molar-refractivity contribution < 1.29 is 46.8 Å². The molecule has 0 radical (unpaired) electrons. The van der Waals surface area contributed by atoms with E-state index in [0.29, 0.717) is 0 Å². The summed E-state index contributed by atoms with van der Waals surface area (Å²) in [4.78, 5) is 31.0. The quantitative estimate of drug-likeness (QED) is 0.307. The fourth-order valence-corrected chi connectivity index (χ4v) is 1.25. The Bertz CT molecular complexity index is 161. The first-order valence-corrected chi connectivity index (χ1v) is 4.59. The Kier molecular flexibility index (Phi) is 15.2. The fourth-order valence-electron chi connectivity index (χ4n) is 0.139. The van der Waals surface area contributed by atoms with Gasteiger partial charge in [0.25, 0.3) is 0 Å². The Balaban J connectivity index is -0.0000000320. The molecule has 0 aromatic heterocycles. The van der Waals surface area contributed by atoms with E-state index in [1.54, 1.807) is 0 Å². The second-order valence-corrected chi connectivity index (χ2v) is 3.68. The summed E-state index contributed by atoms with van der Waals surface area (Å²) < 4.78 is 22.2. The van der Waals surface area contributed by atoms with E-state index in [-0.39, 0.29) is 51.5 Å². The summed E-state index contributed by atoms with van der Waals surface area (Å²) >= 11 is 0. The molecular formula is H10CaO9P2. The fraction of sp³-hybridized carbons (Fsp3) is 0. The van der Waals surface area contributed by atoms with Crippen molar-refractivity contribution >= 4 is 53.4 Å². The third-order valence-electron chi connectivity index (χ3n) is 0.213. The van der Waals surface area contributed by atoms with Crippen molar-refractivity contribution in [3.05, 3.63) is 0 Å². The molecule has 8 N–H and O–H groups in total. The second kappa shape index (κ2) is 7.81. The predicted octanol–water partition coefficient (Wildman–Crippen LogP) is -2.62. The maximum Gasteiger partial charge on any atom is 2.00 e. The van der Waals surface area contributed by atoms with Crippen molar-refractivity contribution in [3.8, 4) is 0 Å². The van der Waals surface area contributed by atoms with Crippen LogP contribution in [0.25, 0.3) is 0 Å². The molecule has 0 aromatic carbocycles. The van der Waals surface area contributed by atoms with Crippen LogP contribution < -0.4 is 0 Å². The van der Waals surface area contributed by atoms with Gasteiger partial charge in [-0.15, -0.1) is 0 Å². The zero-order chi connectivity index (χ0) is 7.71. The van der Waals surface area contributed by atoms with Crippen molar-refractivity contribution in [2.45, 2.75) is 0 Å². The number of phosphoric acid groups is 2. The Morgan fingerprint density at radius 1 is 0.917 bits per heavy atom. The SMILES string of the molecule is O.O.O=P(O)(O)OP(=O)(O)O.[Ca+2].[H-].[H-]. The summed E-state index contributed by atoms with van der Waals surface area (Å²) in [7, 11) is -10.1. The van der Waals surface area contributed by atoms with Crippen LogP contribution in [0.2, 0.25) is 0 Å². The van der Waals surface area contributed by atoms with E-state index in [0.717, 1.165) is 0 Å². The minimum atomic E-state index is -5.05. The molecule has 9 nitrogen and oxygen atoms in total. The van der Waals surface area contributed by atoms with Gasteiger partial charge < -0.3 is 33.4 Å². The normalized spacial score (nSPS) is 10.3. The van der Waals surface area contributed by atoms with Gasteiger partial charge >= 0.3 is 53.4 Å². The van der Waals surface area contributed by atoms with E-state index in [9.17, 15) is 9.13 Å². The first-order chi connectivity index (χ1) is 3.71. The molecule has 0 aromatic rings. The van der Waals surface area contributed by atoms with Crippen molar-refractivity contribution in [2.75, 3.05) is 0 Å². The summed E-state index contributed by atoms with van der Waals surface area (Å²) in [6.45, 7) is 0. The van der Waals surface area contributed by atoms with Crippen LogP contribution in [-0.2, 0) is 13.4 Å². The van der Waals surface area contributed by atoms with Gasteiger partial charge in [-0.3, -0.25) is 0 Å². The topological polar surface area (TPSA) is 187 Å². The molecule has 0 unspecified atom stereocenters. The van der Waals surface area contributed by atoms with Crippen molar-refractivity contribution in [1.82, 2.24) is 0 Å². The number of rotatable bonds is 2. The van der Waals surface area contributed by atoms with Gasteiger partial charge in [-0.1, -0.05) is 0 Å². The van der Waals surface area contributed by atoms with Crippen molar-refractivity contribution in [1.29, 1.82) is 0 Å². The number of hydrogen-bond donors (Lipinski definition) is 4. The molecule has 0 amide bonds. The molecule has 0 saturated heterocycles. The molecule has 0 saturated carbocycles. The van der Waals surface area contributed by atoms with Gasteiger partial charge in [0, 0.05) is 0 Å². The Morgan fingerprint density at radius 2 is 1.08 bits per heavy atom. The van der Waals surface area contributed by atoms with E-state index < -0.39 is 15.6 Å². The Hall–Kier alpha value is 1.44. The standard InChI is InChI=1S/Ca.H4O7P2.2H2O.2H/c;1-8(2,3)7-9(4,5)6;;;;/h;(H2,1,2,3)(H2,4,5,6);2*1H2;;/q+2;;;;2*-1. The summed E-state index contributed by atoms with van der Waals surface area (Å²) in [5, 5.41) is 0. The molecular weight excluding hydrogens is 246 g/mol. The molecule has 76 valence electrons. The number of hydrogen-bond acceptors (Lipinski definition) is 3. The van der Waals surface area contributed by atoms with Crippen molar-refractivity contribution in [2.24, 2.45) is 0 Å². The first-order valence-electron chi connectivity index (χ1n) is 1.53. The van der Waals surface area contributed by atoms with E-state index in [1.807, 2.05) is 0 Å². The van der Waals surface area contributed by atoms with Crippen LogP contribution in [0.15, 0.2) is 0 Å². The molecule has 12 heavy (non-hydrogen) atoms. The summed E-state index contributed by atoms with van der Waals surface area (Å²) in [5.41, 5.74) is 0. The molecule has 0 fully saturated rings. The molecule has 0 bridgehead atoms. The summed E-state index contributed by atoms with van der Waals surface area (Å²) in [5.74, 6) is 0. The van der Waals surface area contributed by atoms with E-state index in [1.165, 1.54) is 0 Å². The minimum absolute atomic E-state index is 0. The van der Waals surface area contributed by atoms with E-state index in [4.69, 9.17) is 19.6 Å². The summed E-state index contributed by atoms with van der Waals surface area (Å²) in [6.07, 6.45) is 0. The average molecular weight is 256 g/mol. The van der Waals surface area contributed by atoms with Crippen LogP contribution in [-0.4, -0.2) is 68.3 Å². The van der Waals surface area contributed by atoms with Crippen LogP contribution in [0.4, 0.5) is 0 Å². The maximum atomic E-state index is 9.63. The van der Waals surface area contributed by atoms with Gasteiger partial charge in [-0.05, 0) is 0 Å². The monoisotopic (exact) mass is 256 g/mol. The van der Waals surface area contributed by atoms with Gasteiger partial charge in [0.15, 0.2) is 0 Å². The smallest absolute Gasteiger partial charge is 1.00 e. The molecule has 0 aliphatic rings. The van der Waals surface area contributed by atoms with Crippen LogP contribution >= 0.6 is 15.6 Å². The molecule has 0 rings (SSSR count). The predicted molar refractivity (Wildman–Crippen MR) is 40.4 cm³/mol. The Morgan fingerprint density at radius 3 is 1.08 bits per heavy atom. The van der Waals surface area contributed by atoms with Gasteiger partial charge in [0.1, 0.15) is 0 Å². The zero-order valence-corrected chi connectivity index (χ0v) is 9.61. The van der Waals surface area contributed by atoms with Gasteiger partial charge in [0.05, 0.1) is 0 Å². The van der Waals surface area contributed by atoms with Crippen molar-refractivity contribution in [3.63, 3.8) is 0 Å². The van der Waals surface area contributed by atoms with E-state index in [2.05, 4.69) is 4.31 Å². The minimum Gasteiger partial charge on any atom is -1.00 e. The maximum absolute atomic E-state index is 9.63. The zero-order valence-electron chi connectivity index (χ0n) is 7.62. The molecule has 0 spiro atoms. The van der Waals surface area contributed by atoms with Crippen LogP contribution in [0, 0.1) is 0 Å². The second-order valence-electron chi connectivity index (χ2n) is 1.06. The first kappa shape index (κ1) is 23.3. The Labute approximate surface area is 99.8 Å². The van der Waals surface area contributed by atoms with Crippen LogP contribution in [0.5, 0.6) is 0 Å². The van der Waals surface area contributed by atoms with Crippen LogP contribution in [0.1, 0.15) is 2.85 Å². The average Bonchev–Trinajstić information content (AvgIpc) is 1.14. The van der Waals surface area contributed by atoms with Gasteiger partial charge in [0.2, 0.25) is 0 Å². The van der Waals surface area contributed by atoms with Crippen LogP contribution in [0.3, 0.4) is 0 Å². The van der Waals surface area contributed by atoms with Gasteiger partial charge in [-0.25, -0.2) is 9.13 Å². The summed E-state index contributed by atoms with van der Waals surface area (Å²) in [6, 6.07) is 0. The third kappa shape index (κ3) is 22.5. The molecule has 0 heterocycles. The molecule has 12 heteroatoms.